The Kier molecular flexibility index (Phi) is 5.03. The van der Waals surface area contributed by atoms with Gasteiger partial charge in [-0.1, -0.05) is 18.2 Å². The van der Waals surface area contributed by atoms with Gasteiger partial charge in [0.1, 0.15) is 17.9 Å². The smallest absolute Gasteiger partial charge is 0.246 e. The molecule has 1 amide bonds. The minimum absolute atomic E-state index is 0.0902. The zero-order valence-corrected chi connectivity index (χ0v) is 15.6. The summed E-state index contributed by atoms with van der Waals surface area (Å²) in [5, 5.41) is 3.67. The third-order valence-electron chi connectivity index (χ3n) is 4.34. The quantitative estimate of drug-likeness (QED) is 0.662. The third kappa shape index (κ3) is 3.86. The van der Waals surface area contributed by atoms with Gasteiger partial charge in [-0.25, -0.2) is 15.0 Å². The van der Waals surface area contributed by atoms with Crippen LogP contribution in [-0.4, -0.2) is 49.9 Å². The van der Waals surface area contributed by atoms with E-state index in [-0.39, 0.29) is 12.0 Å². The Bertz CT molecular complexity index is 1040. The molecule has 0 aliphatic carbocycles. The molecule has 28 heavy (non-hydrogen) atoms. The van der Waals surface area contributed by atoms with Gasteiger partial charge in [-0.15, -0.1) is 0 Å². The molecule has 1 fully saturated rings. The fourth-order valence-electron chi connectivity index (χ4n) is 3.02. The predicted octanol–water partition coefficient (Wildman–Crippen LogP) is 2.98. The number of rotatable bonds is 5. The number of likely N-dealkylation sites (tertiary alicyclic amines) is 1. The van der Waals surface area contributed by atoms with Crippen LogP contribution in [0.5, 0.6) is 5.88 Å². The zero-order chi connectivity index (χ0) is 19.5. The van der Waals surface area contributed by atoms with E-state index < -0.39 is 0 Å². The van der Waals surface area contributed by atoms with Crippen molar-refractivity contribution in [3.05, 3.63) is 54.6 Å². The molecule has 0 spiro atoms. The lowest BCUT2D eigenvalue weighted by Crippen LogP contribution is -2.29. The number of anilines is 2. The Balaban J connectivity index is 1.56. The van der Waals surface area contributed by atoms with Gasteiger partial charge in [0.05, 0.1) is 29.0 Å². The molecule has 1 aliphatic rings. The lowest BCUT2D eigenvalue weighted by Gasteiger charge is -2.15. The van der Waals surface area contributed by atoms with Gasteiger partial charge in [-0.05, 0) is 18.2 Å². The predicted molar refractivity (Wildman–Crippen MR) is 106 cm³/mol. The van der Waals surface area contributed by atoms with E-state index in [1.165, 1.54) is 12.4 Å². The molecule has 9 heteroatoms. The number of pyridine rings is 2. The minimum atomic E-state index is -0.119. The number of ether oxygens (including phenoxy) is 1. The van der Waals surface area contributed by atoms with Crippen LogP contribution in [0.1, 0.15) is 6.42 Å². The molecule has 4 heterocycles. The Morgan fingerprint density at radius 1 is 1.36 bits per heavy atom. The molecule has 0 unspecified atom stereocenters. The van der Waals surface area contributed by atoms with Crippen molar-refractivity contribution in [2.24, 2.45) is 0 Å². The summed E-state index contributed by atoms with van der Waals surface area (Å²) in [6.45, 7) is 4.67. The third-order valence-corrected chi connectivity index (χ3v) is 4.55. The van der Waals surface area contributed by atoms with Gasteiger partial charge >= 0.3 is 0 Å². The average Bonchev–Trinajstić information content (AvgIpc) is 3.16. The lowest BCUT2D eigenvalue weighted by molar-refractivity contribution is -0.125. The van der Waals surface area contributed by atoms with Crippen LogP contribution in [0, 0.1) is 0 Å². The molecule has 0 bridgehead atoms. The van der Waals surface area contributed by atoms with Crippen molar-refractivity contribution >= 4 is 40.0 Å². The zero-order valence-electron chi connectivity index (χ0n) is 14.9. The van der Waals surface area contributed by atoms with Crippen molar-refractivity contribution < 1.29 is 9.53 Å². The maximum Gasteiger partial charge on any atom is 0.246 e. The molecule has 4 rings (SSSR count). The number of halogens is 1. The monoisotopic (exact) mass is 396 g/mol. The van der Waals surface area contributed by atoms with E-state index in [2.05, 4.69) is 31.8 Å². The number of carbonyl (C=O) groups is 1. The summed E-state index contributed by atoms with van der Waals surface area (Å²) in [6.07, 6.45) is 6.59. The first kappa shape index (κ1) is 18.1. The molecule has 0 saturated carbocycles. The molecular formula is C19H17ClN6O2. The van der Waals surface area contributed by atoms with Gasteiger partial charge in [0.25, 0.3) is 0 Å². The first-order valence-corrected chi connectivity index (χ1v) is 9.07. The molecule has 3 aromatic rings. The average molecular weight is 397 g/mol. The number of nitrogens with zero attached hydrogens (tertiary/aromatic N) is 5. The second-order valence-electron chi connectivity index (χ2n) is 6.27. The van der Waals surface area contributed by atoms with Crippen LogP contribution in [0.15, 0.2) is 49.6 Å². The van der Waals surface area contributed by atoms with Crippen LogP contribution in [0.25, 0.3) is 11.0 Å². The number of carbonyl (C=O) groups excluding carboxylic acids is 1. The summed E-state index contributed by atoms with van der Waals surface area (Å²) >= 11 is 5.99. The van der Waals surface area contributed by atoms with Gasteiger partial charge in [-0.2, -0.15) is 0 Å². The van der Waals surface area contributed by atoms with Crippen LogP contribution in [0.3, 0.4) is 0 Å². The van der Waals surface area contributed by atoms with Crippen molar-refractivity contribution in [1.29, 1.82) is 0 Å². The molecule has 0 radical (unpaired) electrons. The highest BCUT2D eigenvalue weighted by molar-refractivity contribution is 6.30. The number of nitrogens with one attached hydrogen (secondary N) is 1. The molecule has 0 aromatic carbocycles. The summed E-state index contributed by atoms with van der Waals surface area (Å²) in [4.78, 5) is 30.6. The maximum absolute atomic E-state index is 11.7. The first-order valence-electron chi connectivity index (χ1n) is 8.70. The molecular weight excluding hydrogens is 380 g/mol. The molecule has 3 aromatic heterocycles. The van der Waals surface area contributed by atoms with Crippen molar-refractivity contribution in [2.45, 2.75) is 12.5 Å². The van der Waals surface area contributed by atoms with E-state index in [9.17, 15) is 4.79 Å². The van der Waals surface area contributed by atoms with Crippen LogP contribution >= 0.6 is 11.6 Å². The molecule has 142 valence electrons. The SMILES string of the molecule is C=CC(=O)N1CC[C@H](Oc2ccc3ncnc(Nc4cncc(Cl)c4)c3n2)C1. The topological polar surface area (TPSA) is 93.1 Å². The van der Waals surface area contributed by atoms with E-state index in [1.807, 2.05) is 6.07 Å². The summed E-state index contributed by atoms with van der Waals surface area (Å²) in [5.74, 6) is 0.884. The van der Waals surface area contributed by atoms with E-state index in [1.54, 1.807) is 29.4 Å². The van der Waals surface area contributed by atoms with E-state index in [4.69, 9.17) is 16.3 Å². The molecule has 1 N–H and O–H groups in total. The summed E-state index contributed by atoms with van der Waals surface area (Å²) in [7, 11) is 0. The summed E-state index contributed by atoms with van der Waals surface area (Å²) < 4.78 is 5.98. The molecule has 8 nitrogen and oxygen atoms in total. The van der Waals surface area contributed by atoms with Gasteiger partial charge in [0, 0.05) is 25.2 Å². The Morgan fingerprint density at radius 2 is 2.25 bits per heavy atom. The second-order valence-corrected chi connectivity index (χ2v) is 6.71. The minimum Gasteiger partial charge on any atom is -0.472 e. The number of fused-ring (bicyclic) bond motifs is 1. The Hall–Kier alpha value is -3.26. The number of amides is 1. The van der Waals surface area contributed by atoms with Gasteiger partial charge in [-0.3, -0.25) is 9.78 Å². The van der Waals surface area contributed by atoms with Gasteiger partial charge in [0.2, 0.25) is 11.8 Å². The fourth-order valence-corrected chi connectivity index (χ4v) is 3.19. The standard InChI is InChI=1S/C19H17ClN6O2/c1-2-17(27)26-6-5-14(10-26)28-16-4-3-15-18(25-16)19(23-11-22-15)24-13-7-12(20)8-21-9-13/h2-4,7-9,11,14H,1,5-6,10H2,(H,22,23,24)/t14-/m0/s1. The van der Waals surface area contributed by atoms with Crippen molar-refractivity contribution in [3.8, 4) is 5.88 Å². The number of hydrogen-bond acceptors (Lipinski definition) is 7. The van der Waals surface area contributed by atoms with E-state index in [0.717, 1.165) is 6.42 Å². The Morgan fingerprint density at radius 3 is 3.07 bits per heavy atom. The van der Waals surface area contributed by atoms with Crippen LogP contribution in [0.2, 0.25) is 5.02 Å². The Labute approximate surface area is 166 Å². The first-order chi connectivity index (χ1) is 13.6. The van der Waals surface area contributed by atoms with Crippen LogP contribution in [-0.2, 0) is 4.79 Å². The molecule has 1 atom stereocenters. The highest BCUT2D eigenvalue weighted by atomic mass is 35.5. The molecule has 1 aliphatic heterocycles. The highest BCUT2D eigenvalue weighted by Gasteiger charge is 2.26. The van der Waals surface area contributed by atoms with E-state index in [0.29, 0.717) is 46.5 Å². The van der Waals surface area contributed by atoms with Gasteiger partial charge < -0.3 is 15.0 Å². The van der Waals surface area contributed by atoms with E-state index >= 15 is 0 Å². The van der Waals surface area contributed by atoms with Crippen molar-refractivity contribution in [3.63, 3.8) is 0 Å². The summed E-state index contributed by atoms with van der Waals surface area (Å²) in [5.41, 5.74) is 1.93. The fraction of sp³-hybridized carbons (Fsp3) is 0.211. The maximum atomic E-state index is 11.7. The van der Waals surface area contributed by atoms with Crippen LogP contribution in [0.4, 0.5) is 11.5 Å². The van der Waals surface area contributed by atoms with Crippen molar-refractivity contribution in [2.75, 3.05) is 18.4 Å². The summed E-state index contributed by atoms with van der Waals surface area (Å²) in [6, 6.07) is 5.33. The van der Waals surface area contributed by atoms with Crippen LogP contribution < -0.4 is 10.1 Å². The molecule has 1 saturated heterocycles. The van der Waals surface area contributed by atoms with Gasteiger partial charge in [0.15, 0.2) is 5.82 Å². The largest absolute Gasteiger partial charge is 0.472 e. The normalized spacial score (nSPS) is 16.2. The number of hydrogen-bond donors (Lipinski definition) is 1. The number of aromatic nitrogens is 4. The van der Waals surface area contributed by atoms with Crippen molar-refractivity contribution in [1.82, 2.24) is 24.8 Å². The highest BCUT2D eigenvalue weighted by Crippen LogP contribution is 2.25. The second kappa shape index (κ2) is 7.77. The lowest BCUT2D eigenvalue weighted by atomic mass is 10.3.